The van der Waals surface area contributed by atoms with Gasteiger partial charge < -0.3 is 24.1 Å². The van der Waals surface area contributed by atoms with Gasteiger partial charge in [0.15, 0.2) is 5.78 Å². The molecule has 0 heterocycles. The van der Waals surface area contributed by atoms with Gasteiger partial charge in [-0.25, -0.2) is 4.79 Å². The zero-order valence-corrected chi connectivity index (χ0v) is 10.6. The lowest BCUT2D eigenvalue weighted by Crippen LogP contribution is -2.14. The molecule has 0 saturated carbocycles. The fraction of sp³-hybridized carbons (Fsp3) is 0.818. The minimum atomic E-state index is -0.996. The molecule has 0 spiro atoms. The molecule has 0 saturated heterocycles. The number of ether oxygens (including phenoxy) is 4. The van der Waals surface area contributed by atoms with E-state index in [1.807, 2.05) is 0 Å². The van der Waals surface area contributed by atoms with Gasteiger partial charge in [-0.15, -0.1) is 0 Å². The first kappa shape index (κ1) is 17.0. The van der Waals surface area contributed by atoms with Crippen molar-refractivity contribution in [3.8, 4) is 0 Å². The maximum absolute atomic E-state index is 10.5. The van der Waals surface area contributed by atoms with Crippen molar-refractivity contribution in [2.75, 3.05) is 52.9 Å². The standard InChI is InChI=1S/C11H20O7/c1-10(12)8-17-6-4-15-2-3-16-5-7-18-9-11(13)14/h2-9H2,1H3,(H,13,14). The zero-order valence-electron chi connectivity index (χ0n) is 10.6. The normalized spacial score (nSPS) is 10.5. The molecule has 7 nitrogen and oxygen atoms in total. The lowest BCUT2D eigenvalue weighted by Gasteiger charge is -2.06. The van der Waals surface area contributed by atoms with Crippen molar-refractivity contribution in [1.29, 1.82) is 0 Å². The first-order valence-electron chi connectivity index (χ1n) is 5.65. The first-order valence-corrected chi connectivity index (χ1v) is 5.65. The Morgan fingerprint density at radius 1 is 0.778 bits per heavy atom. The first-order chi connectivity index (χ1) is 8.63. The van der Waals surface area contributed by atoms with Crippen LogP contribution >= 0.6 is 0 Å². The van der Waals surface area contributed by atoms with E-state index >= 15 is 0 Å². The number of carboxylic acids is 1. The Bertz CT molecular complexity index is 205. The molecule has 0 aromatic heterocycles. The monoisotopic (exact) mass is 264 g/mol. The van der Waals surface area contributed by atoms with E-state index in [0.717, 1.165) is 0 Å². The maximum Gasteiger partial charge on any atom is 0.329 e. The van der Waals surface area contributed by atoms with Gasteiger partial charge in [-0.05, 0) is 6.92 Å². The van der Waals surface area contributed by atoms with Gasteiger partial charge in [-0.3, -0.25) is 4.79 Å². The van der Waals surface area contributed by atoms with Crippen LogP contribution in [0.5, 0.6) is 0 Å². The largest absolute Gasteiger partial charge is 0.480 e. The van der Waals surface area contributed by atoms with Crippen LogP contribution in [0, 0.1) is 0 Å². The van der Waals surface area contributed by atoms with Gasteiger partial charge >= 0.3 is 5.97 Å². The van der Waals surface area contributed by atoms with E-state index in [0.29, 0.717) is 33.0 Å². The lowest BCUT2D eigenvalue weighted by molar-refractivity contribution is -0.142. The highest BCUT2D eigenvalue weighted by Crippen LogP contribution is 1.83. The van der Waals surface area contributed by atoms with Crippen LogP contribution in [-0.4, -0.2) is 69.7 Å². The van der Waals surface area contributed by atoms with Crippen molar-refractivity contribution in [1.82, 2.24) is 0 Å². The predicted octanol–water partition coefficient (Wildman–Crippen LogP) is -0.274. The lowest BCUT2D eigenvalue weighted by atomic mass is 10.5. The molecule has 0 bridgehead atoms. The molecule has 0 aromatic rings. The Labute approximate surface area is 106 Å². The highest BCUT2D eigenvalue weighted by molar-refractivity contribution is 5.76. The van der Waals surface area contributed by atoms with E-state index in [2.05, 4.69) is 0 Å². The summed E-state index contributed by atoms with van der Waals surface area (Å²) in [6.45, 7) is 3.44. The molecular weight excluding hydrogens is 244 g/mol. The van der Waals surface area contributed by atoms with Gasteiger partial charge in [-0.1, -0.05) is 0 Å². The number of hydrogen-bond acceptors (Lipinski definition) is 6. The van der Waals surface area contributed by atoms with Crippen molar-refractivity contribution >= 4 is 11.8 Å². The number of aliphatic carboxylic acids is 1. The number of rotatable bonds is 13. The zero-order chi connectivity index (χ0) is 13.6. The fourth-order valence-electron chi connectivity index (χ4n) is 0.933. The molecule has 0 rings (SSSR count). The summed E-state index contributed by atoms with van der Waals surface area (Å²) in [6, 6.07) is 0. The van der Waals surface area contributed by atoms with E-state index in [-0.39, 0.29) is 25.6 Å². The van der Waals surface area contributed by atoms with Crippen LogP contribution in [0.25, 0.3) is 0 Å². The van der Waals surface area contributed by atoms with E-state index < -0.39 is 5.97 Å². The van der Waals surface area contributed by atoms with Gasteiger partial charge in [0, 0.05) is 0 Å². The molecule has 0 aliphatic heterocycles. The number of carbonyl (C=O) groups excluding carboxylic acids is 1. The van der Waals surface area contributed by atoms with Crippen LogP contribution in [0.15, 0.2) is 0 Å². The molecule has 0 atom stereocenters. The summed E-state index contributed by atoms with van der Waals surface area (Å²) >= 11 is 0. The molecule has 7 heteroatoms. The second-order valence-corrected chi connectivity index (χ2v) is 3.43. The van der Waals surface area contributed by atoms with Crippen LogP contribution in [-0.2, 0) is 28.5 Å². The summed E-state index contributed by atoms with van der Waals surface area (Å²) in [5, 5.41) is 8.27. The second-order valence-electron chi connectivity index (χ2n) is 3.43. The van der Waals surface area contributed by atoms with Gasteiger partial charge in [0.1, 0.15) is 13.2 Å². The number of carboxylic acid groups (broad SMARTS) is 1. The number of ketones is 1. The second kappa shape index (κ2) is 12.4. The summed E-state index contributed by atoms with van der Waals surface area (Å²) in [7, 11) is 0. The topological polar surface area (TPSA) is 91.3 Å². The summed E-state index contributed by atoms with van der Waals surface area (Å²) in [5.41, 5.74) is 0. The van der Waals surface area contributed by atoms with Crippen molar-refractivity contribution in [3.63, 3.8) is 0 Å². The van der Waals surface area contributed by atoms with Crippen LogP contribution in [0.4, 0.5) is 0 Å². The quantitative estimate of drug-likeness (QED) is 0.458. The Kier molecular flexibility index (Phi) is 11.7. The van der Waals surface area contributed by atoms with Crippen molar-refractivity contribution < 1.29 is 33.6 Å². The Morgan fingerprint density at radius 3 is 1.56 bits per heavy atom. The molecule has 106 valence electrons. The summed E-state index contributed by atoms with van der Waals surface area (Å²) in [5.74, 6) is -1.01. The van der Waals surface area contributed by atoms with Crippen molar-refractivity contribution in [3.05, 3.63) is 0 Å². The Balaban J connectivity index is 2.99. The summed E-state index contributed by atoms with van der Waals surface area (Å²) in [6.07, 6.45) is 0. The molecule has 0 unspecified atom stereocenters. The molecular formula is C11H20O7. The highest BCUT2D eigenvalue weighted by Gasteiger charge is 1.96. The molecule has 18 heavy (non-hydrogen) atoms. The Hall–Kier alpha value is -1.02. The summed E-state index contributed by atoms with van der Waals surface area (Å²) in [4.78, 5) is 20.6. The molecule has 0 fully saturated rings. The van der Waals surface area contributed by atoms with Crippen LogP contribution in [0.2, 0.25) is 0 Å². The van der Waals surface area contributed by atoms with Crippen LogP contribution < -0.4 is 0 Å². The molecule has 0 aliphatic carbocycles. The number of hydrogen-bond donors (Lipinski definition) is 1. The number of carbonyl (C=O) groups is 2. The van der Waals surface area contributed by atoms with Gasteiger partial charge in [0.25, 0.3) is 0 Å². The van der Waals surface area contributed by atoms with E-state index in [9.17, 15) is 9.59 Å². The molecule has 0 amide bonds. The predicted molar refractivity (Wildman–Crippen MR) is 61.6 cm³/mol. The summed E-state index contributed by atoms with van der Waals surface area (Å²) < 4.78 is 20.0. The van der Waals surface area contributed by atoms with Crippen LogP contribution in [0.1, 0.15) is 6.92 Å². The molecule has 0 radical (unpaired) electrons. The smallest absolute Gasteiger partial charge is 0.329 e. The minimum absolute atomic E-state index is 0.0142. The molecule has 0 aliphatic rings. The third kappa shape index (κ3) is 15.0. The number of Topliss-reactive ketones (excluding diaryl/α,β-unsaturated/α-hetero) is 1. The van der Waals surface area contributed by atoms with Crippen molar-refractivity contribution in [2.45, 2.75) is 6.92 Å². The maximum atomic E-state index is 10.5. The van der Waals surface area contributed by atoms with Gasteiger partial charge in [0.2, 0.25) is 0 Å². The minimum Gasteiger partial charge on any atom is -0.480 e. The van der Waals surface area contributed by atoms with E-state index in [1.165, 1.54) is 6.92 Å². The Morgan fingerprint density at radius 2 is 1.17 bits per heavy atom. The van der Waals surface area contributed by atoms with E-state index in [4.69, 9.17) is 24.1 Å². The third-order valence-corrected chi connectivity index (χ3v) is 1.65. The highest BCUT2D eigenvalue weighted by atomic mass is 16.6. The average molecular weight is 264 g/mol. The third-order valence-electron chi connectivity index (χ3n) is 1.65. The van der Waals surface area contributed by atoms with Gasteiger partial charge in [0.05, 0.1) is 39.6 Å². The average Bonchev–Trinajstić information content (AvgIpc) is 2.29. The van der Waals surface area contributed by atoms with Gasteiger partial charge in [-0.2, -0.15) is 0 Å². The molecule has 1 N–H and O–H groups in total. The molecule has 0 aromatic carbocycles. The van der Waals surface area contributed by atoms with E-state index in [1.54, 1.807) is 0 Å². The SMILES string of the molecule is CC(=O)COCCOCCOCCOCC(=O)O. The fourth-order valence-corrected chi connectivity index (χ4v) is 0.933. The van der Waals surface area contributed by atoms with Crippen molar-refractivity contribution in [2.24, 2.45) is 0 Å². The van der Waals surface area contributed by atoms with Crippen LogP contribution in [0.3, 0.4) is 0 Å².